The summed E-state index contributed by atoms with van der Waals surface area (Å²) in [6.07, 6.45) is 1.87. The summed E-state index contributed by atoms with van der Waals surface area (Å²) in [6.45, 7) is 3.77. The number of fused-ring (bicyclic) bond motifs is 1. The predicted octanol–water partition coefficient (Wildman–Crippen LogP) is 4.18. The molecule has 3 aliphatic heterocycles. The highest BCUT2D eigenvalue weighted by Gasteiger charge is 2.42. The number of halogens is 3. The minimum atomic E-state index is -1.39. The van der Waals surface area contributed by atoms with Crippen LogP contribution in [0, 0.1) is 11.6 Å². The molecular formula is C31H29ClF2N6O5S. The van der Waals surface area contributed by atoms with E-state index in [0.29, 0.717) is 53.9 Å². The van der Waals surface area contributed by atoms with Crippen molar-refractivity contribution in [2.24, 2.45) is 4.99 Å². The highest BCUT2D eigenvalue weighted by atomic mass is 35.5. The zero-order valence-electron chi connectivity index (χ0n) is 24.6. The number of urea groups is 1. The van der Waals surface area contributed by atoms with E-state index in [1.54, 1.807) is 24.1 Å². The average Bonchev–Trinajstić information content (AvgIpc) is 3.67. The minimum absolute atomic E-state index is 0.148. The summed E-state index contributed by atoms with van der Waals surface area (Å²) in [6, 6.07) is 6.52. The molecule has 3 aliphatic rings. The van der Waals surface area contributed by atoms with E-state index in [4.69, 9.17) is 26.4 Å². The summed E-state index contributed by atoms with van der Waals surface area (Å²) in [4.78, 5) is 52.5. The largest absolute Gasteiger partial charge is 0.478 e. The Hall–Kier alpha value is -4.40. The number of carbonyl (C=O) groups is 3. The first-order valence-electron chi connectivity index (χ1n) is 14.5. The van der Waals surface area contributed by atoms with Gasteiger partial charge in [-0.2, -0.15) is 0 Å². The number of amides is 2. The lowest BCUT2D eigenvalue weighted by Crippen LogP contribution is -2.53. The molecule has 2 saturated heterocycles. The number of hydrogen-bond acceptors (Lipinski definition) is 9. The van der Waals surface area contributed by atoms with Crippen LogP contribution in [0.2, 0.25) is 5.02 Å². The van der Waals surface area contributed by atoms with E-state index >= 15 is 0 Å². The highest BCUT2D eigenvalue weighted by Crippen LogP contribution is 2.30. The molecule has 2 atom stereocenters. The number of carboxylic acids is 1. The van der Waals surface area contributed by atoms with Gasteiger partial charge in [-0.25, -0.2) is 28.1 Å². The molecule has 2 aromatic carbocycles. The zero-order chi connectivity index (χ0) is 32.5. The number of hydrogen-bond donors (Lipinski definition) is 2. The summed E-state index contributed by atoms with van der Waals surface area (Å²) in [7, 11) is 0. The molecule has 0 aliphatic carbocycles. The normalized spacial score (nSPS) is 20.0. The summed E-state index contributed by atoms with van der Waals surface area (Å²) in [5, 5.41) is 15.1. The molecule has 11 nitrogen and oxygen atoms in total. The molecule has 0 radical (unpaired) electrons. The second-order valence-electron chi connectivity index (χ2n) is 11.0. The Morgan fingerprint density at radius 3 is 2.70 bits per heavy atom. The molecule has 2 amide bonds. The number of ether oxygens (including phenoxy) is 1. The van der Waals surface area contributed by atoms with E-state index in [0.717, 1.165) is 12.1 Å². The fourth-order valence-electron chi connectivity index (χ4n) is 5.95. The van der Waals surface area contributed by atoms with Gasteiger partial charge in [0, 0.05) is 67.1 Å². The van der Waals surface area contributed by atoms with Crippen molar-refractivity contribution in [3.05, 3.63) is 92.0 Å². The molecule has 4 heterocycles. The maximum atomic E-state index is 14.4. The van der Waals surface area contributed by atoms with Crippen molar-refractivity contribution >= 4 is 52.4 Å². The number of benzene rings is 2. The van der Waals surface area contributed by atoms with Gasteiger partial charge < -0.3 is 20.1 Å². The number of carbonyl (C=O) groups excluding carboxylic acids is 2. The van der Waals surface area contributed by atoms with Crippen LogP contribution >= 0.6 is 22.9 Å². The van der Waals surface area contributed by atoms with Crippen LogP contribution in [0.15, 0.2) is 64.2 Å². The van der Waals surface area contributed by atoms with E-state index in [-0.39, 0.29) is 42.4 Å². The third kappa shape index (κ3) is 6.32. The van der Waals surface area contributed by atoms with Gasteiger partial charge in [-0.05, 0) is 42.8 Å². The molecule has 0 unspecified atom stereocenters. The number of aromatic nitrogens is 1. The number of piperazine rings is 1. The SMILES string of the molecule is CCOC(=O)C1=C(CN2CCN3C(=O)N(c4ccc(C(=O)O)c(F)c4)C[C@@H]3C2)NC(c2nccs2)=N[C@H]1Cc1ccc(F)cc1Cl. The molecular weight excluding hydrogens is 642 g/mol. The fraction of sp³-hybridized carbons (Fsp3) is 0.323. The Labute approximate surface area is 271 Å². The van der Waals surface area contributed by atoms with Crippen LogP contribution < -0.4 is 10.2 Å². The number of esters is 1. The smallest absolute Gasteiger partial charge is 0.338 e. The quantitative estimate of drug-likeness (QED) is 0.325. The fourth-order valence-corrected chi connectivity index (χ4v) is 6.78. The Morgan fingerprint density at radius 2 is 2.00 bits per heavy atom. The Kier molecular flexibility index (Phi) is 9.02. The minimum Gasteiger partial charge on any atom is -0.478 e. The summed E-state index contributed by atoms with van der Waals surface area (Å²) in [5.41, 5.74) is 1.32. The van der Waals surface area contributed by atoms with Gasteiger partial charge in [0.1, 0.15) is 11.6 Å². The molecule has 2 N–H and O–H groups in total. The van der Waals surface area contributed by atoms with E-state index in [2.05, 4.69) is 15.2 Å². The van der Waals surface area contributed by atoms with Gasteiger partial charge >= 0.3 is 18.0 Å². The van der Waals surface area contributed by atoms with Crippen LogP contribution in [0.25, 0.3) is 0 Å². The van der Waals surface area contributed by atoms with E-state index < -0.39 is 35.2 Å². The van der Waals surface area contributed by atoms with E-state index in [1.165, 1.54) is 34.4 Å². The third-order valence-corrected chi connectivity index (χ3v) is 9.22. The van der Waals surface area contributed by atoms with E-state index in [1.807, 2.05) is 5.38 Å². The molecule has 15 heteroatoms. The maximum absolute atomic E-state index is 14.4. The van der Waals surface area contributed by atoms with Gasteiger partial charge in [-0.1, -0.05) is 17.7 Å². The number of nitrogens with one attached hydrogen (secondary N) is 1. The molecule has 1 aromatic heterocycles. The van der Waals surface area contributed by atoms with Gasteiger partial charge in [0.2, 0.25) is 0 Å². The number of carboxylic acid groups (broad SMARTS) is 1. The second-order valence-corrected chi connectivity index (χ2v) is 12.3. The lowest BCUT2D eigenvalue weighted by Gasteiger charge is -2.38. The molecule has 6 rings (SSSR count). The molecule has 0 spiro atoms. The van der Waals surface area contributed by atoms with Gasteiger partial charge in [0.05, 0.1) is 29.8 Å². The van der Waals surface area contributed by atoms with Crippen molar-refractivity contribution in [3.8, 4) is 0 Å². The van der Waals surface area contributed by atoms with Gasteiger partial charge in [0.25, 0.3) is 0 Å². The topological polar surface area (TPSA) is 128 Å². The van der Waals surface area contributed by atoms with Crippen LogP contribution in [-0.2, 0) is 16.0 Å². The Morgan fingerprint density at radius 1 is 1.17 bits per heavy atom. The number of rotatable bonds is 9. The van der Waals surface area contributed by atoms with E-state index in [9.17, 15) is 23.2 Å². The summed E-state index contributed by atoms with van der Waals surface area (Å²) < 4.78 is 33.7. The van der Waals surface area contributed by atoms with Gasteiger partial charge in [0.15, 0.2) is 10.8 Å². The van der Waals surface area contributed by atoms with Crippen LogP contribution in [0.5, 0.6) is 0 Å². The van der Waals surface area contributed by atoms with Crippen molar-refractivity contribution in [2.45, 2.75) is 25.4 Å². The molecule has 3 aromatic rings. The van der Waals surface area contributed by atoms with Gasteiger partial charge in [-0.3, -0.25) is 14.8 Å². The monoisotopic (exact) mass is 670 g/mol. The summed E-state index contributed by atoms with van der Waals surface area (Å²) >= 11 is 7.76. The first kappa shape index (κ1) is 31.6. The molecule has 0 saturated carbocycles. The van der Waals surface area contributed by atoms with Gasteiger partial charge in [-0.15, -0.1) is 11.3 Å². The lowest BCUT2D eigenvalue weighted by molar-refractivity contribution is -0.138. The number of aromatic carboxylic acids is 1. The van der Waals surface area contributed by atoms with Crippen LogP contribution in [0.1, 0.15) is 27.9 Å². The number of anilines is 1. The standard InChI is InChI=1S/C31H29ClF2N6O5S/c1-2-45-30(43)26-24(11-17-3-4-18(33)12-22(17)32)36-27(28-35-7-10-46-28)37-25(26)16-38-8-9-39-20(14-38)15-40(31(39)44)19-5-6-21(29(41)42)23(34)13-19/h3-7,10,12-13,20,24H,2,8-9,11,14-16H2,1H3,(H,36,37)(H,41,42)/t20-,24-/m0/s1. The van der Waals surface area contributed by atoms with Crippen molar-refractivity contribution in [3.63, 3.8) is 0 Å². The average molecular weight is 671 g/mol. The Bertz CT molecular complexity index is 1750. The summed E-state index contributed by atoms with van der Waals surface area (Å²) in [5.74, 6) is -2.83. The molecule has 0 bridgehead atoms. The van der Waals surface area contributed by atoms with Crippen molar-refractivity contribution < 1.29 is 33.0 Å². The second kappa shape index (κ2) is 13.1. The van der Waals surface area contributed by atoms with Crippen LogP contribution in [0.4, 0.5) is 19.3 Å². The maximum Gasteiger partial charge on any atom is 0.338 e. The molecule has 46 heavy (non-hydrogen) atoms. The predicted molar refractivity (Wildman–Crippen MR) is 167 cm³/mol. The molecule has 240 valence electrons. The first-order valence-corrected chi connectivity index (χ1v) is 15.8. The van der Waals surface area contributed by atoms with Crippen molar-refractivity contribution in [1.82, 2.24) is 20.1 Å². The number of thiazole rings is 1. The van der Waals surface area contributed by atoms with Crippen molar-refractivity contribution in [1.29, 1.82) is 0 Å². The molecule has 2 fully saturated rings. The first-order chi connectivity index (χ1) is 22.1. The number of nitrogens with zero attached hydrogens (tertiary/aromatic N) is 5. The Balaban J connectivity index is 1.27. The number of amidine groups is 1. The number of aliphatic imine (C=N–C) groups is 1. The zero-order valence-corrected chi connectivity index (χ0v) is 26.2. The van der Waals surface area contributed by atoms with Crippen molar-refractivity contribution in [2.75, 3.05) is 44.2 Å². The van der Waals surface area contributed by atoms with Crippen LogP contribution in [0.3, 0.4) is 0 Å². The third-order valence-electron chi connectivity index (χ3n) is 8.08. The lowest BCUT2D eigenvalue weighted by atomic mass is 9.95. The highest BCUT2D eigenvalue weighted by molar-refractivity contribution is 7.11. The van der Waals surface area contributed by atoms with Crippen LogP contribution in [-0.4, -0.2) is 95.1 Å².